The minimum atomic E-state index is -0.334. The van der Waals surface area contributed by atoms with Gasteiger partial charge in [-0.25, -0.2) is 4.39 Å². The summed E-state index contributed by atoms with van der Waals surface area (Å²) in [5.41, 5.74) is 3.78. The van der Waals surface area contributed by atoms with Gasteiger partial charge in [-0.3, -0.25) is 9.59 Å². The van der Waals surface area contributed by atoms with E-state index in [1.54, 1.807) is 11.0 Å². The number of allylic oxidation sites excluding steroid dienone is 1. The number of carbonyl (C=O) groups excluding carboxylic acids is 2. The van der Waals surface area contributed by atoms with Crippen LogP contribution in [0.2, 0.25) is 0 Å². The van der Waals surface area contributed by atoms with Gasteiger partial charge in [-0.1, -0.05) is 6.92 Å². The summed E-state index contributed by atoms with van der Waals surface area (Å²) in [6.45, 7) is 5.52. The van der Waals surface area contributed by atoms with E-state index in [0.717, 1.165) is 41.8 Å². The van der Waals surface area contributed by atoms with Crippen molar-refractivity contribution in [1.82, 2.24) is 20.5 Å². The Morgan fingerprint density at radius 3 is 2.79 bits per heavy atom. The van der Waals surface area contributed by atoms with Gasteiger partial charge in [0.1, 0.15) is 11.6 Å². The molecule has 2 aromatic rings. The van der Waals surface area contributed by atoms with Gasteiger partial charge in [0.25, 0.3) is 5.91 Å². The van der Waals surface area contributed by atoms with Crippen molar-refractivity contribution >= 4 is 17.4 Å². The summed E-state index contributed by atoms with van der Waals surface area (Å²) >= 11 is 0. The third-order valence-corrected chi connectivity index (χ3v) is 6.94. The van der Waals surface area contributed by atoms with Crippen LogP contribution < -0.4 is 15.4 Å². The van der Waals surface area contributed by atoms with Gasteiger partial charge in [0.2, 0.25) is 5.91 Å². The summed E-state index contributed by atoms with van der Waals surface area (Å²) in [5.74, 6) is 0.685. The van der Waals surface area contributed by atoms with Crippen LogP contribution in [0.3, 0.4) is 0 Å². The summed E-state index contributed by atoms with van der Waals surface area (Å²) in [5, 5.41) is 6.57. The van der Waals surface area contributed by atoms with Gasteiger partial charge in [0.15, 0.2) is 0 Å². The van der Waals surface area contributed by atoms with Gasteiger partial charge in [0, 0.05) is 54.6 Å². The fourth-order valence-corrected chi connectivity index (χ4v) is 4.87. The number of nitrogens with one attached hydrogen (secondary N) is 3. The third-order valence-electron chi connectivity index (χ3n) is 6.94. The first kappa shape index (κ1) is 22.5. The average Bonchev–Trinajstić information content (AvgIpc) is 3.31. The zero-order valence-electron chi connectivity index (χ0n) is 19.6. The summed E-state index contributed by atoms with van der Waals surface area (Å²) < 4.78 is 20.0. The van der Waals surface area contributed by atoms with Crippen LogP contribution in [0, 0.1) is 11.7 Å². The van der Waals surface area contributed by atoms with Gasteiger partial charge >= 0.3 is 0 Å². The van der Waals surface area contributed by atoms with Gasteiger partial charge in [-0.05, 0) is 50.3 Å². The number of aromatic nitrogens is 1. The number of fused-ring (bicyclic) bond motifs is 1. The normalized spacial score (nSPS) is 21.8. The number of benzene rings is 1. The zero-order chi connectivity index (χ0) is 23.8. The van der Waals surface area contributed by atoms with Crippen LogP contribution in [-0.2, 0) is 9.59 Å². The van der Waals surface area contributed by atoms with E-state index in [2.05, 4.69) is 15.6 Å². The molecule has 3 heterocycles. The molecule has 2 atom stereocenters. The van der Waals surface area contributed by atoms with Crippen molar-refractivity contribution in [2.24, 2.45) is 5.92 Å². The fraction of sp³-hybridized carbons (Fsp3) is 0.462. The van der Waals surface area contributed by atoms with Gasteiger partial charge < -0.3 is 25.3 Å². The van der Waals surface area contributed by atoms with E-state index >= 15 is 0 Å². The average molecular weight is 467 g/mol. The van der Waals surface area contributed by atoms with Gasteiger partial charge in [0.05, 0.1) is 23.9 Å². The summed E-state index contributed by atoms with van der Waals surface area (Å²) in [6.07, 6.45) is 5.34. The number of ether oxygens (including phenoxy) is 1. The summed E-state index contributed by atoms with van der Waals surface area (Å²) in [7, 11) is 0. The number of amides is 2. The van der Waals surface area contributed by atoms with E-state index in [9.17, 15) is 14.0 Å². The van der Waals surface area contributed by atoms with E-state index < -0.39 is 0 Å². The van der Waals surface area contributed by atoms with Crippen molar-refractivity contribution in [3.63, 3.8) is 0 Å². The monoisotopic (exact) mass is 466 g/mol. The van der Waals surface area contributed by atoms with Crippen LogP contribution >= 0.6 is 0 Å². The van der Waals surface area contributed by atoms with Gasteiger partial charge in [-0.15, -0.1) is 0 Å². The Morgan fingerprint density at radius 1 is 1.21 bits per heavy atom. The molecule has 1 saturated heterocycles. The molecule has 1 aromatic carbocycles. The minimum absolute atomic E-state index is 0.0704. The SMILES string of the molecule is CCC(=O)N1CCC(NC(=O)C2=C(C)NC(c3ccc(F)cc3OCC3CC3)c3cc[nH]c32)C1. The molecule has 1 saturated carbocycles. The minimum Gasteiger partial charge on any atom is -0.493 e. The van der Waals surface area contributed by atoms with Crippen LogP contribution in [0.5, 0.6) is 5.75 Å². The van der Waals surface area contributed by atoms with E-state index in [-0.39, 0.29) is 29.7 Å². The van der Waals surface area contributed by atoms with Gasteiger partial charge in [-0.2, -0.15) is 0 Å². The molecule has 1 aliphatic carbocycles. The molecule has 2 unspecified atom stereocenters. The summed E-state index contributed by atoms with van der Waals surface area (Å²) in [4.78, 5) is 30.3. The number of carbonyl (C=O) groups is 2. The third kappa shape index (κ3) is 4.41. The zero-order valence-corrected chi connectivity index (χ0v) is 19.6. The Hall–Kier alpha value is -3.29. The standard InChI is InChI=1S/C26H31FN4O3/c1-3-22(32)31-11-9-18(13-31)30-26(33)23-15(2)29-24(20-8-10-28-25(20)23)19-7-6-17(27)12-21(19)34-14-16-4-5-16/h6-8,10,12,16,18,24,28-29H,3-5,9,11,13-14H2,1-2H3,(H,30,33). The second-order valence-electron chi connectivity index (χ2n) is 9.47. The number of H-pyrrole nitrogens is 1. The molecule has 180 valence electrons. The highest BCUT2D eigenvalue weighted by Crippen LogP contribution is 2.40. The topological polar surface area (TPSA) is 86.5 Å². The maximum Gasteiger partial charge on any atom is 0.255 e. The maximum absolute atomic E-state index is 14.0. The lowest BCUT2D eigenvalue weighted by molar-refractivity contribution is -0.130. The first-order valence-electron chi connectivity index (χ1n) is 12.1. The lowest BCUT2D eigenvalue weighted by Gasteiger charge is -2.30. The predicted molar refractivity (Wildman–Crippen MR) is 126 cm³/mol. The molecule has 8 heteroatoms. The molecule has 34 heavy (non-hydrogen) atoms. The molecule has 3 N–H and O–H groups in total. The molecule has 5 rings (SSSR count). The Bertz CT molecular complexity index is 1140. The molecule has 2 aliphatic heterocycles. The number of likely N-dealkylation sites (tertiary alicyclic amines) is 1. The van der Waals surface area contributed by atoms with Crippen molar-refractivity contribution in [2.75, 3.05) is 19.7 Å². The molecule has 7 nitrogen and oxygen atoms in total. The number of aromatic amines is 1. The van der Waals surface area contributed by atoms with Crippen LogP contribution in [0.15, 0.2) is 36.2 Å². The molecular weight excluding hydrogens is 435 g/mol. The number of rotatable bonds is 7. The quantitative estimate of drug-likeness (QED) is 0.583. The van der Waals surface area contributed by atoms with Crippen molar-refractivity contribution in [2.45, 2.75) is 51.6 Å². The Morgan fingerprint density at radius 2 is 2.03 bits per heavy atom. The van der Waals surface area contributed by atoms with Crippen molar-refractivity contribution in [3.8, 4) is 5.75 Å². The summed E-state index contributed by atoms with van der Waals surface area (Å²) in [6, 6.07) is 6.24. The van der Waals surface area contributed by atoms with Crippen LogP contribution in [0.1, 0.15) is 62.4 Å². The molecule has 2 amide bonds. The molecule has 1 aromatic heterocycles. The highest BCUT2D eigenvalue weighted by molar-refractivity contribution is 6.20. The highest BCUT2D eigenvalue weighted by Gasteiger charge is 2.34. The highest BCUT2D eigenvalue weighted by atomic mass is 19.1. The Balaban J connectivity index is 1.37. The van der Waals surface area contributed by atoms with Crippen LogP contribution in [0.4, 0.5) is 4.39 Å². The second-order valence-corrected chi connectivity index (χ2v) is 9.47. The lowest BCUT2D eigenvalue weighted by atomic mass is 9.90. The largest absolute Gasteiger partial charge is 0.493 e. The van der Waals surface area contributed by atoms with E-state index in [1.165, 1.54) is 12.1 Å². The first-order chi connectivity index (χ1) is 16.4. The first-order valence-corrected chi connectivity index (χ1v) is 12.1. The molecule has 3 aliphatic rings. The van der Waals surface area contributed by atoms with Crippen LogP contribution in [-0.4, -0.2) is 47.4 Å². The molecule has 0 radical (unpaired) electrons. The van der Waals surface area contributed by atoms with Crippen molar-refractivity contribution in [3.05, 3.63) is 58.8 Å². The maximum atomic E-state index is 14.0. The van der Waals surface area contributed by atoms with Crippen molar-refractivity contribution < 1.29 is 18.7 Å². The molecular formula is C26H31FN4O3. The number of nitrogens with zero attached hydrogens (tertiary/aromatic N) is 1. The number of hydrogen-bond acceptors (Lipinski definition) is 4. The van der Waals surface area contributed by atoms with E-state index in [1.807, 2.05) is 26.1 Å². The van der Waals surface area contributed by atoms with Crippen molar-refractivity contribution in [1.29, 1.82) is 0 Å². The molecule has 0 spiro atoms. The molecule has 2 fully saturated rings. The Labute approximate surface area is 198 Å². The van der Waals surface area contributed by atoms with E-state index in [0.29, 0.717) is 43.4 Å². The Kier molecular flexibility index (Phi) is 6.06. The number of hydrogen-bond donors (Lipinski definition) is 3. The smallest absolute Gasteiger partial charge is 0.255 e. The number of halogens is 1. The fourth-order valence-electron chi connectivity index (χ4n) is 4.87. The van der Waals surface area contributed by atoms with Crippen LogP contribution in [0.25, 0.3) is 5.57 Å². The second kappa shape index (κ2) is 9.16. The lowest BCUT2D eigenvalue weighted by Crippen LogP contribution is -2.40. The predicted octanol–water partition coefficient (Wildman–Crippen LogP) is 3.49. The van der Waals surface area contributed by atoms with E-state index in [4.69, 9.17) is 4.74 Å². The molecule has 0 bridgehead atoms.